The lowest BCUT2D eigenvalue weighted by Gasteiger charge is -2.30. The second kappa shape index (κ2) is 6.38. The van der Waals surface area contributed by atoms with E-state index in [-0.39, 0.29) is 16.5 Å². The van der Waals surface area contributed by atoms with Crippen molar-refractivity contribution in [1.82, 2.24) is 19.6 Å². The van der Waals surface area contributed by atoms with Gasteiger partial charge in [0.2, 0.25) is 0 Å². The predicted octanol–water partition coefficient (Wildman–Crippen LogP) is 3.42. The molecule has 2 aromatic heterocycles. The summed E-state index contributed by atoms with van der Waals surface area (Å²) in [6.07, 6.45) is 1.28. The molecule has 1 fully saturated rings. The molecule has 0 amide bonds. The summed E-state index contributed by atoms with van der Waals surface area (Å²) in [6.45, 7) is 1.26. The molecule has 3 aromatic rings. The van der Waals surface area contributed by atoms with Gasteiger partial charge in [-0.25, -0.2) is 13.2 Å². The van der Waals surface area contributed by atoms with E-state index in [1.807, 2.05) is 4.90 Å². The number of fused-ring (bicyclic) bond motifs is 1. The molecule has 1 aliphatic heterocycles. The number of halogens is 4. The molecule has 130 valence electrons. The molecule has 0 unspecified atom stereocenters. The van der Waals surface area contributed by atoms with Crippen molar-refractivity contribution in [1.29, 1.82) is 0 Å². The molecule has 0 aliphatic carbocycles. The highest BCUT2D eigenvalue weighted by molar-refractivity contribution is 7.99. The maximum Gasteiger partial charge on any atom is 0.255 e. The lowest BCUT2D eigenvalue weighted by molar-refractivity contribution is 0.499. The summed E-state index contributed by atoms with van der Waals surface area (Å²) in [5.41, 5.74) is -0.579. The minimum Gasteiger partial charge on any atom is -0.354 e. The van der Waals surface area contributed by atoms with Gasteiger partial charge in [0, 0.05) is 24.6 Å². The van der Waals surface area contributed by atoms with Gasteiger partial charge in [0.25, 0.3) is 5.78 Å². The van der Waals surface area contributed by atoms with Crippen LogP contribution in [0, 0.1) is 17.5 Å². The summed E-state index contributed by atoms with van der Waals surface area (Å²) in [5, 5.41) is 3.94. The lowest BCUT2D eigenvalue weighted by atomic mass is 10.1. The molecule has 25 heavy (non-hydrogen) atoms. The van der Waals surface area contributed by atoms with Crippen molar-refractivity contribution < 1.29 is 13.2 Å². The number of nitrogens with zero attached hydrogens (tertiary/aromatic N) is 5. The van der Waals surface area contributed by atoms with E-state index < -0.39 is 23.0 Å². The number of hydrogen-bond donors (Lipinski definition) is 0. The van der Waals surface area contributed by atoms with Crippen molar-refractivity contribution in [2.24, 2.45) is 0 Å². The van der Waals surface area contributed by atoms with Gasteiger partial charge >= 0.3 is 0 Å². The third kappa shape index (κ3) is 2.71. The lowest BCUT2D eigenvalue weighted by Crippen LogP contribution is -2.34. The molecule has 0 N–H and O–H groups in total. The van der Waals surface area contributed by atoms with Crippen LogP contribution in [0.5, 0.6) is 0 Å². The Morgan fingerprint density at radius 3 is 2.52 bits per heavy atom. The van der Waals surface area contributed by atoms with E-state index in [0.717, 1.165) is 23.6 Å². The molecule has 1 aromatic carbocycles. The molecule has 0 spiro atoms. The Morgan fingerprint density at radius 1 is 1.04 bits per heavy atom. The van der Waals surface area contributed by atoms with Gasteiger partial charge in [0.1, 0.15) is 23.1 Å². The first-order chi connectivity index (χ1) is 12.1. The number of anilines is 1. The van der Waals surface area contributed by atoms with Crippen molar-refractivity contribution >= 4 is 35.0 Å². The SMILES string of the molecule is Fc1ccc(F)c(-c2c(Cl)nc3ncnn3c2N2CCSCC2)c1F. The molecule has 1 aliphatic rings. The first-order valence-corrected chi connectivity index (χ1v) is 8.97. The summed E-state index contributed by atoms with van der Waals surface area (Å²) < 4.78 is 44.0. The molecule has 0 radical (unpaired) electrons. The van der Waals surface area contributed by atoms with Crippen LogP contribution in [0.3, 0.4) is 0 Å². The van der Waals surface area contributed by atoms with E-state index in [0.29, 0.717) is 18.9 Å². The Labute approximate surface area is 149 Å². The number of rotatable bonds is 2. The molecule has 0 saturated carbocycles. The number of hydrogen-bond acceptors (Lipinski definition) is 5. The maximum absolute atomic E-state index is 14.4. The third-order valence-electron chi connectivity index (χ3n) is 3.96. The first kappa shape index (κ1) is 16.5. The highest BCUT2D eigenvalue weighted by Crippen LogP contribution is 2.40. The van der Waals surface area contributed by atoms with Crippen LogP contribution in [-0.4, -0.2) is 44.2 Å². The monoisotopic (exact) mass is 385 g/mol. The fraction of sp³-hybridized carbons (Fsp3) is 0.267. The fourth-order valence-electron chi connectivity index (χ4n) is 2.84. The van der Waals surface area contributed by atoms with E-state index >= 15 is 0 Å². The van der Waals surface area contributed by atoms with Crippen molar-refractivity contribution in [3.63, 3.8) is 0 Å². The van der Waals surface area contributed by atoms with Crippen molar-refractivity contribution in [2.45, 2.75) is 0 Å². The van der Waals surface area contributed by atoms with E-state index in [9.17, 15) is 13.2 Å². The molecular formula is C15H11ClF3N5S. The number of thioether (sulfide) groups is 1. The third-order valence-corrected chi connectivity index (χ3v) is 5.18. The highest BCUT2D eigenvalue weighted by atomic mass is 35.5. The van der Waals surface area contributed by atoms with Gasteiger partial charge in [-0.3, -0.25) is 0 Å². The quantitative estimate of drug-likeness (QED) is 0.499. The standard InChI is InChI=1S/C15H11ClF3N5S/c16-13-11(10-8(17)1-2-9(18)12(10)19)14(23-3-5-25-6-4-23)24-15(22-13)20-7-21-24/h1-2,7H,3-6H2. The summed E-state index contributed by atoms with van der Waals surface area (Å²) in [6, 6.07) is 1.60. The molecule has 1 saturated heterocycles. The van der Waals surface area contributed by atoms with Crippen LogP contribution in [0.25, 0.3) is 16.9 Å². The van der Waals surface area contributed by atoms with Crippen LogP contribution in [0.1, 0.15) is 0 Å². The zero-order valence-corrected chi connectivity index (χ0v) is 14.3. The Morgan fingerprint density at radius 2 is 1.76 bits per heavy atom. The Bertz CT molecular complexity index is 958. The van der Waals surface area contributed by atoms with E-state index in [2.05, 4.69) is 15.1 Å². The Balaban J connectivity index is 2.07. The molecule has 0 bridgehead atoms. The minimum atomic E-state index is -1.31. The molecule has 10 heteroatoms. The van der Waals surface area contributed by atoms with Crippen LogP contribution in [0.4, 0.5) is 19.0 Å². The smallest absolute Gasteiger partial charge is 0.255 e. The van der Waals surface area contributed by atoms with Crippen molar-refractivity contribution in [2.75, 3.05) is 29.5 Å². The zero-order valence-electron chi connectivity index (χ0n) is 12.7. The van der Waals surface area contributed by atoms with Gasteiger partial charge in [-0.1, -0.05) is 11.6 Å². The highest BCUT2D eigenvalue weighted by Gasteiger charge is 2.28. The van der Waals surface area contributed by atoms with Crippen LogP contribution in [0.2, 0.25) is 5.15 Å². The first-order valence-electron chi connectivity index (χ1n) is 7.43. The average molecular weight is 386 g/mol. The summed E-state index contributed by atoms with van der Waals surface area (Å²) in [4.78, 5) is 9.95. The summed E-state index contributed by atoms with van der Waals surface area (Å²) >= 11 is 8.01. The zero-order chi connectivity index (χ0) is 17.6. The van der Waals surface area contributed by atoms with Crippen LogP contribution >= 0.6 is 23.4 Å². The maximum atomic E-state index is 14.4. The van der Waals surface area contributed by atoms with Crippen LogP contribution in [-0.2, 0) is 0 Å². The van der Waals surface area contributed by atoms with Crippen LogP contribution in [0.15, 0.2) is 18.5 Å². The van der Waals surface area contributed by atoms with Gasteiger partial charge in [-0.15, -0.1) is 0 Å². The second-order valence-corrected chi connectivity index (χ2v) is 6.97. The molecule has 4 rings (SSSR count). The predicted molar refractivity (Wildman–Crippen MR) is 90.6 cm³/mol. The van der Waals surface area contributed by atoms with E-state index in [1.54, 1.807) is 11.8 Å². The second-order valence-electron chi connectivity index (χ2n) is 5.39. The van der Waals surface area contributed by atoms with Gasteiger partial charge in [-0.05, 0) is 12.1 Å². The molecular weight excluding hydrogens is 375 g/mol. The average Bonchev–Trinajstić information content (AvgIpc) is 3.07. The minimum absolute atomic E-state index is 0.0268. The Hall–Kier alpha value is -2.00. The summed E-state index contributed by atoms with van der Waals surface area (Å²) in [7, 11) is 0. The summed E-state index contributed by atoms with van der Waals surface area (Å²) in [5.74, 6) is -1.15. The topological polar surface area (TPSA) is 46.3 Å². The number of benzene rings is 1. The largest absolute Gasteiger partial charge is 0.354 e. The van der Waals surface area contributed by atoms with E-state index in [4.69, 9.17) is 11.6 Å². The number of aromatic nitrogens is 4. The van der Waals surface area contributed by atoms with E-state index in [1.165, 1.54) is 10.8 Å². The molecule has 3 heterocycles. The normalized spacial score (nSPS) is 15.1. The van der Waals surface area contributed by atoms with Gasteiger partial charge < -0.3 is 4.90 Å². The van der Waals surface area contributed by atoms with Gasteiger partial charge in [0.05, 0.1) is 11.1 Å². The van der Waals surface area contributed by atoms with Crippen molar-refractivity contribution in [3.8, 4) is 11.1 Å². The fourth-order valence-corrected chi connectivity index (χ4v) is 4.00. The van der Waals surface area contributed by atoms with Gasteiger partial charge in [-0.2, -0.15) is 31.3 Å². The van der Waals surface area contributed by atoms with Gasteiger partial charge in [0.15, 0.2) is 11.6 Å². The van der Waals surface area contributed by atoms with Crippen molar-refractivity contribution in [3.05, 3.63) is 41.1 Å². The molecule has 0 atom stereocenters. The van der Waals surface area contributed by atoms with Crippen LogP contribution < -0.4 is 4.90 Å². The molecule has 5 nitrogen and oxygen atoms in total. The Kier molecular flexibility index (Phi) is 4.20.